The van der Waals surface area contributed by atoms with Crippen molar-refractivity contribution < 1.29 is 19.1 Å². The van der Waals surface area contributed by atoms with Crippen LogP contribution in [0, 0.1) is 11.2 Å². The second-order valence-corrected chi connectivity index (χ2v) is 7.71. The second kappa shape index (κ2) is 6.41. The Balaban J connectivity index is 1.71. The highest BCUT2D eigenvalue weighted by atomic mass is 19.1. The first kappa shape index (κ1) is 17.9. The number of carbonyl (C=O) groups is 2. The fourth-order valence-corrected chi connectivity index (χ4v) is 4.44. The number of carbonyl (C=O) groups excluding carboxylic acids is 2. The molecule has 2 heterocycles. The summed E-state index contributed by atoms with van der Waals surface area (Å²) in [5, 5.41) is 9.78. The van der Waals surface area contributed by atoms with Gasteiger partial charge in [-0.15, -0.1) is 0 Å². The van der Waals surface area contributed by atoms with Crippen LogP contribution < -0.4 is 0 Å². The lowest BCUT2D eigenvalue weighted by Gasteiger charge is -2.39. The second-order valence-electron chi connectivity index (χ2n) is 7.71. The van der Waals surface area contributed by atoms with Crippen LogP contribution in [0.25, 0.3) is 0 Å². The van der Waals surface area contributed by atoms with Crippen molar-refractivity contribution in [1.82, 2.24) is 9.80 Å². The molecule has 1 N–H and O–H groups in total. The molecule has 6 heteroatoms. The first-order valence-corrected chi connectivity index (χ1v) is 8.73. The normalized spacial score (nSPS) is 25.4. The third kappa shape index (κ3) is 3.15. The average molecular weight is 348 g/mol. The number of rotatable bonds is 2. The fraction of sp³-hybridized carbons (Fsp3) is 0.579. The van der Waals surface area contributed by atoms with E-state index >= 15 is 0 Å². The van der Waals surface area contributed by atoms with E-state index in [2.05, 4.69) is 0 Å². The predicted molar refractivity (Wildman–Crippen MR) is 91.5 cm³/mol. The summed E-state index contributed by atoms with van der Waals surface area (Å²) in [5.41, 5.74) is -0.506. The number of amides is 2. The Bertz CT molecular complexity index is 685. The summed E-state index contributed by atoms with van der Waals surface area (Å²) in [5.74, 6) is -0.804. The van der Waals surface area contributed by atoms with Gasteiger partial charge in [-0.25, -0.2) is 4.39 Å². The summed E-state index contributed by atoms with van der Waals surface area (Å²) in [4.78, 5) is 28.0. The predicted octanol–water partition coefficient (Wildman–Crippen LogP) is 2.05. The van der Waals surface area contributed by atoms with Gasteiger partial charge in [0, 0.05) is 26.6 Å². The molecule has 1 unspecified atom stereocenters. The summed E-state index contributed by atoms with van der Waals surface area (Å²) in [6.45, 7) is 5.08. The van der Waals surface area contributed by atoms with Crippen molar-refractivity contribution in [2.24, 2.45) is 5.41 Å². The van der Waals surface area contributed by atoms with Crippen LogP contribution >= 0.6 is 0 Å². The zero-order valence-electron chi connectivity index (χ0n) is 14.8. The van der Waals surface area contributed by atoms with Crippen LogP contribution in [-0.4, -0.2) is 58.5 Å². The van der Waals surface area contributed by atoms with Crippen molar-refractivity contribution in [2.75, 3.05) is 26.2 Å². The molecule has 2 aliphatic heterocycles. The molecule has 25 heavy (non-hydrogen) atoms. The average Bonchev–Trinajstić information content (AvgIpc) is 2.89. The van der Waals surface area contributed by atoms with Crippen LogP contribution in [-0.2, 0) is 4.79 Å². The summed E-state index contributed by atoms with van der Waals surface area (Å²) >= 11 is 0. The largest absolute Gasteiger partial charge is 0.394 e. The third-order valence-corrected chi connectivity index (χ3v) is 5.84. The van der Waals surface area contributed by atoms with Crippen molar-refractivity contribution in [3.8, 4) is 0 Å². The monoisotopic (exact) mass is 348 g/mol. The van der Waals surface area contributed by atoms with Gasteiger partial charge in [-0.3, -0.25) is 9.59 Å². The lowest BCUT2D eigenvalue weighted by Crippen LogP contribution is -2.46. The van der Waals surface area contributed by atoms with E-state index in [0.29, 0.717) is 19.6 Å². The topological polar surface area (TPSA) is 60.9 Å². The van der Waals surface area contributed by atoms with Gasteiger partial charge >= 0.3 is 0 Å². The number of aliphatic hydroxyl groups is 1. The first-order valence-electron chi connectivity index (χ1n) is 8.73. The Morgan fingerprint density at radius 1 is 1.24 bits per heavy atom. The Labute approximate surface area is 147 Å². The molecule has 0 bridgehead atoms. The molecule has 3 rings (SSSR count). The van der Waals surface area contributed by atoms with Gasteiger partial charge in [-0.05, 0) is 43.7 Å². The maximum atomic E-state index is 13.9. The number of likely N-dealkylation sites (tertiary alicyclic amines) is 2. The lowest BCUT2D eigenvalue weighted by atomic mass is 9.74. The van der Waals surface area contributed by atoms with E-state index in [1.165, 1.54) is 19.1 Å². The molecule has 0 aromatic heterocycles. The quantitative estimate of drug-likeness (QED) is 0.890. The zero-order chi connectivity index (χ0) is 18.2. The molecule has 0 aliphatic carbocycles. The van der Waals surface area contributed by atoms with Crippen molar-refractivity contribution >= 4 is 11.8 Å². The highest BCUT2D eigenvalue weighted by Crippen LogP contribution is 2.48. The molecule has 2 fully saturated rings. The number of piperidine rings is 1. The summed E-state index contributed by atoms with van der Waals surface area (Å²) in [7, 11) is 0. The minimum Gasteiger partial charge on any atom is -0.394 e. The van der Waals surface area contributed by atoms with Gasteiger partial charge in [0.2, 0.25) is 5.91 Å². The molecule has 2 saturated heterocycles. The summed E-state index contributed by atoms with van der Waals surface area (Å²) in [6.07, 6.45) is 2.25. The van der Waals surface area contributed by atoms with Gasteiger partial charge in [0.05, 0.1) is 17.7 Å². The summed E-state index contributed by atoms with van der Waals surface area (Å²) in [6, 6.07) is 6.04. The number of aliphatic hydroxyl groups excluding tert-OH is 1. The van der Waals surface area contributed by atoms with Crippen LogP contribution in [0.1, 0.15) is 43.5 Å². The number of hydrogen-bond acceptors (Lipinski definition) is 3. The molecular weight excluding hydrogens is 323 g/mol. The standard InChI is InChI=1S/C19H25FN2O3/c1-14(24)22-12-19(11-18(22,2)13-23)7-9-21(10-8-19)17(25)15-5-3-4-6-16(15)20/h3-6,23H,7-13H2,1-2H3. The van der Waals surface area contributed by atoms with Gasteiger partial charge in [-0.2, -0.15) is 0 Å². The van der Waals surface area contributed by atoms with Gasteiger partial charge in [0.25, 0.3) is 5.91 Å². The van der Waals surface area contributed by atoms with Crippen molar-refractivity contribution in [3.05, 3.63) is 35.6 Å². The molecule has 1 atom stereocenters. The molecule has 1 aromatic rings. The van der Waals surface area contributed by atoms with Gasteiger partial charge < -0.3 is 14.9 Å². The van der Waals surface area contributed by atoms with Crippen LogP contribution in [0.5, 0.6) is 0 Å². The molecule has 5 nitrogen and oxygen atoms in total. The number of benzene rings is 1. The third-order valence-electron chi connectivity index (χ3n) is 5.84. The van der Waals surface area contributed by atoms with Crippen LogP contribution in [0.2, 0.25) is 0 Å². The molecule has 2 amide bonds. The van der Waals surface area contributed by atoms with Crippen LogP contribution in [0.15, 0.2) is 24.3 Å². The van der Waals surface area contributed by atoms with Gasteiger partial charge in [0.1, 0.15) is 5.82 Å². The van der Waals surface area contributed by atoms with E-state index in [0.717, 1.165) is 19.3 Å². The Morgan fingerprint density at radius 3 is 2.40 bits per heavy atom. The minimum atomic E-state index is -0.538. The van der Waals surface area contributed by atoms with Gasteiger partial charge in [0.15, 0.2) is 0 Å². The van der Waals surface area contributed by atoms with E-state index in [1.54, 1.807) is 21.9 Å². The Hall–Kier alpha value is -1.95. The van der Waals surface area contributed by atoms with Crippen molar-refractivity contribution in [2.45, 2.75) is 38.6 Å². The number of halogens is 1. The fourth-order valence-electron chi connectivity index (χ4n) is 4.44. The molecule has 0 radical (unpaired) electrons. The van der Waals surface area contributed by atoms with Crippen LogP contribution in [0.4, 0.5) is 4.39 Å². The number of nitrogens with zero attached hydrogens (tertiary/aromatic N) is 2. The lowest BCUT2D eigenvalue weighted by molar-refractivity contribution is -0.134. The zero-order valence-corrected chi connectivity index (χ0v) is 14.8. The first-order chi connectivity index (χ1) is 11.8. The molecule has 0 saturated carbocycles. The van der Waals surface area contributed by atoms with Gasteiger partial charge in [-0.1, -0.05) is 12.1 Å². The maximum Gasteiger partial charge on any atom is 0.256 e. The maximum absolute atomic E-state index is 13.9. The SMILES string of the molecule is CC(=O)N1CC2(CCN(C(=O)c3ccccc3F)CC2)CC1(C)CO. The molecule has 136 valence electrons. The molecule has 1 aromatic carbocycles. The van der Waals surface area contributed by atoms with E-state index < -0.39 is 11.4 Å². The Morgan fingerprint density at radius 2 is 1.88 bits per heavy atom. The van der Waals surface area contributed by atoms with Crippen molar-refractivity contribution in [1.29, 1.82) is 0 Å². The van der Waals surface area contributed by atoms with E-state index in [9.17, 15) is 19.1 Å². The highest BCUT2D eigenvalue weighted by molar-refractivity contribution is 5.94. The minimum absolute atomic E-state index is 0.0294. The molecular formula is C19H25FN2O3. The number of hydrogen-bond donors (Lipinski definition) is 1. The molecule has 2 aliphatic rings. The van der Waals surface area contributed by atoms with E-state index in [4.69, 9.17) is 0 Å². The smallest absolute Gasteiger partial charge is 0.256 e. The Kier molecular flexibility index (Phi) is 4.58. The molecule has 1 spiro atoms. The van der Waals surface area contributed by atoms with Crippen LogP contribution in [0.3, 0.4) is 0 Å². The highest BCUT2D eigenvalue weighted by Gasteiger charge is 2.52. The van der Waals surface area contributed by atoms with E-state index in [-0.39, 0.29) is 29.4 Å². The summed E-state index contributed by atoms with van der Waals surface area (Å²) < 4.78 is 13.9. The van der Waals surface area contributed by atoms with Crippen molar-refractivity contribution in [3.63, 3.8) is 0 Å². The van der Waals surface area contributed by atoms with E-state index in [1.807, 2.05) is 6.92 Å².